The molecule has 0 radical (unpaired) electrons. The third-order valence-electron chi connectivity index (χ3n) is 3.73. The number of hydrogen-bond donors (Lipinski definition) is 1. The van der Waals surface area contributed by atoms with Gasteiger partial charge in [0, 0.05) is 19.0 Å². The van der Waals surface area contributed by atoms with Crippen molar-refractivity contribution < 1.29 is 0 Å². The summed E-state index contributed by atoms with van der Waals surface area (Å²) in [6.07, 6.45) is 5.08. The minimum atomic E-state index is 0.382. The fourth-order valence-electron chi connectivity index (χ4n) is 2.51. The summed E-state index contributed by atoms with van der Waals surface area (Å²) in [7, 11) is 0. The van der Waals surface area contributed by atoms with Gasteiger partial charge >= 0.3 is 0 Å². The smallest absolute Gasteiger partial charge is 0.138 e. The lowest BCUT2D eigenvalue weighted by Gasteiger charge is -2.17. The molecule has 1 aliphatic carbocycles. The van der Waals surface area contributed by atoms with Crippen LogP contribution in [0.25, 0.3) is 0 Å². The zero-order chi connectivity index (χ0) is 10.8. The summed E-state index contributed by atoms with van der Waals surface area (Å²) >= 11 is 0. The van der Waals surface area contributed by atoms with Crippen LogP contribution in [-0.2, 0) is 13.0 Å². The molecule has 0 saturated heterocycles. The number of nitrogens with zero attached hydrogens (tertiary/aromatic N) is 3. The highest BCUT2D eigenvalue weighted by molar-refractivity contribution is 4.93. The highest BCUT2D eigenvalue weighted by atomic mass is 15.3. The van der Waals surface area contributed by atoms with Gasteiger partial charge in [0.2, 0.25) is 0 Å². The Balaban J connectivity index is 2.03. The molecule has 4 nitrogen and oxygen atoms in total. The molecule has 0 spiro atoms. The van der Waals surface area contributed by atoms with Gasteiger partial charge in [-0.05, 0) is 31.6 Å². The minimum Gasteiger partial charge on any atom is -0.327 e. The van der Waals surface area contributed by atoms with Crippen molar-refractivity contribution in [1.82, 2.24) is 14.8 Å². The highest BCUT2D eigenvalue weighted by Gasteiger charge is 2.31. The van der Waals surface area contributed by atoms with Crippen molar-refractivity contribution in [3.05, 3.63) is 12.2 Å². The summed E-state index contributed by atoms with van der Waals surface area (Å²) in [6, 6.07) is 0.382. The summed E-state index contributed by atoms with van der Waals surface area (Å²) in [5, 5.41) is 4.20. The van der Waals surface area contributed by atoms with Crippen LogP contribution < -0.4 is 5.73 Å². The third kappa shape index (κ3) is 2.04. The van der Waals surface area contributed by atoms with Crippen LogP contribution in [0.2, 0.25) is 0 Å². The highest BCUT2D eigenvalue weighted by Crippen LogP contribution is 2.32. The molecule has 1 heterocycles. The van der Waals surface area contributed by atoms with E-state index in [1.165, 1.54) is 6.42 Å². The van der Waals surface area contributed by atoms with Gasteiger partial charge in [0.1, 0.15) is 12.2 Å². The Morgan fingerprint density at radius 1 is 1.53 bits per heavy atom. The normalized spacial score (nSPS) is 31.0. The predicted octanol–water partition coefficient (Wildman–Crippen LogP) is 1.21. The molecule has 1 fully saturated rings. The Hall–Kier alpha value is -0.900. The Kier molecular flexibility index (Phi) is 3.05. The van der Waals surface area contributed by atoms with Crippen molar-refractivity contribution in [2.24, 2.45) is 17.6 Å². The molecule has 1 aliphatic rings. The van der Waals surface area contributed by atoms with Crippen molar-refractivity contribution in [3.63, 3.8) is 0 Å². The van der Waals surface area contributed by atoms with Crippen LogP contribution >= 0.6 is 0 Å². The van der Waals surface area contributed by atoms with E-state index in [9.17, 15) is 0 Å². The summed E-state index contributed by atoms with van der Waals surface area (Å²) in [6.45, 7) is 5.26. The molecule has 84 valence electrons. The van der Waals surface area contributed by atoms with Gasteiger partial charge in [-0.3, -0.25) is 4.68 Å². The Morgan fingerprint density at radius 2 is 2.33 bits per heavy atom. The lowest BCUT2D eigenvalue weighted by atomic mass is 9.93. The fraction of sp³-hybridized carbons (Fsp3) is 0.818. The second-order valence-corrected chi connectivity index (χ2v) is 4.56. The first-order chi connectivity index (χ1) is 7.22. The van der Waals surface area contributed by atoms with Crippen molar-refractivity contribution in [3.8, 4) is 0 Å². The van der Waals surface area contributed by atoms with Crippen LogP contribution in [0.5, 0.6) is 0 Å². The van der Waals surface area contributed by atoms with Gasteiger partial charge in [0.05, 0.1) is 0 Å². The van der Waals surface area contributed by atoms with Gasteiger partial charge < -0.3 is 5.73 Å². The van der Waals surface area contributed by atoms with Crippen LogP contribution in [0.15, 0.2) is 6.33 Å². The molecule has 3 atom stereocenters. The topological polar surface area (TPSA) is 56.7 Å². The maximum Gasteiger partial charge on any atom is 0.138 e. The summed E-state index contributed by atoms with van der Waals surface area (Å²) in [4.78, 5) is 4.32. The first-order valence-corrected chi connectivity index (χ1v) is 5.84. The van der Waals surface area contributed by atoms with Crippen molar-refractivity contribution >= 4 is 0 Å². The zero-order valence-corrected chi connectivity index (χ0v) is 9.56. The molecule has 0 aliphatic heterocycles. The van der Waals surface area contributed by atoms with Crippen molar-refractivity contribution in [1.29, 1.82) is 0 Å². The van der Waals surface area contributed by atoms with Crippen LogP contribution in [-0.4, -0.2) is 20.8 Å². The van der Waals surface area contributed by atoms with Gasteiger partial charge in [-0.2, -0.15) is 5.10 Å². The van der Waals surface area contributed by atoms with Crippen molar-refractivity contribution in [2.75, 3.05) is 0 Å². The maximum absolute atomic E-state index is 6.03. The van der Waals surface area contributed by atoms with Gasteiger partial charge in [-0.1, -0.05) is 6.92 Å². The largest absolute Gasteiger partial charge is 0.327 e. The molecule has 1 saturated carbocycles. The van der Waals surface area contributed by atoms with Gasteiger partial charge in [0.25, 0.3) is 0 Å². The molecular weight excluding hydrogens is 188 g/mol. The SMILES string of the molecule is CCn1ncnc1CC1CCC(N)C1C. The lowest BCUT2D eigenvalue weighted by Crippen LogP contribution is -2.26. The van der Waals surface area contributed by atoms with E-state index >= 15 is 0 Å². The monoisotopic (exact) mass is 208 g/mol. The molecule has 1 aromatic heterocycles. The molecule has 0 bridgehead atoms. The number of nitrogens with two attached hydrogens (primary N) is 1. The quantitative estimate of drug-likeness (QED) is 0.812. The Bertz CT molecular complexity index is 320. The van der Waals surface area contributed by atoms with E-state index in [1.54, 1.807) is 6.33 Å². The Labute approximate surface area is 90.9 Å². The maximum atomic E-state index is 6.03. The number of hydrogen-bond acceptors (Lipinski definition) is 3. The van der Waals surface area contributed by atoms with Gasteiger partial charge in [0.15, 0.2) is 0 Å². The molecular formula is C11H20N4. The average Bonchev–Trinajstić information content (AvgIpc) is 2.80. The lowest BCUT2D eigenvalue weighted by molar-refractivity contribution is 0.377. The molecule has 0 aromatic carbocycles. The second-order valence-electron chi connectivity index (χ2n) is 4.56. The van der Waals surface area contributed by atoms with E-state index in [2.05, 4.69) is 23.9 Å². The van der Waals surface area contributed by atoms with Crippen LogP contribution in [0.1, 0.15) is 32.5 Å². The first-order valence-electron chi connectivity index (χ1n) is 5.84. The molecule has 15 heavy (non-hydrogen) atoms. The predicted molar refractivity (Wildman–Crippen MR) is 59.3 cm³/mol. The molecule has 2 rings (SSSR count). The summed E-state index contributed by atoms with van der Waals surface area (Å²) in [5.41, 5.74) is 6.03. The number of aryl methyl sites for hydroxylation is 1. The number of rotatable bonds is 3. The zero-order valence-electron chi connectivity index (χ0n) is 9.56. The van der Waals surface area contributed by atoms with E-state index in [0.29, 0.717) is 17.9 Å². The summed E-state index contributed by atoms with van der Waals surface area (Å²) in [5.74, 6) is 2.42. The molecule has 3 unspecified atom stereocenters. The van der Waals surface area contributed by atoms with E-state index in [-0.39, 0.29) is 0 Å². The molecule has 4 heteroatoms. The molecule has 2 N–H and O–H groups in total. The second kappa shape index (κ2) is 4.31. The standard InChI is InChI=1S/C11H20N4/c1-3-15-11(13-7-14-15)6-9-4-5-10(12)8(9)2/h7-10H,3-6,12H2,1-2H3. The van der Waals surface area contributed by atoms with Crippen LogP contribution in [0, 0.1) is 11.8 Å². The minimum absolute atomic E-state index is 0.382. The molecule has 1 aromatic rings. The third-order valence-corrected chi connectivity index (χ3v) is 3.73. The fourth-order valence-corrected chi connectivity index (χ4v) is 2.51. The van der Waals surface area contributed by atoms with E-state index in [4.69, 9.17) is 5.73 Å². The van der Waals surface area contributed by atoms with Crippen molar-refractivity contribution in [2.45, 2.75) is 45.7 Å². The Morgan fingerprint density at radius 3 is 2.93 bits per heavy atom. The van der Waals surface area contributed by atoms with Crippen LogP contribution in [0.4, 0.5) is 0 Å². The van der Waals surface area contributed by atoms with Gasteiger partial charge in [-0.15, -0.1) is 0 Å². The van der Waals surface area contributed by atoms with Gasteiger partial charge in [-0.25, -0.2) is 4.98 Å². The van der Waals surface area contributed by atoms with E-state index in [0.717, 1.165) is 25.2 Å². The first kappa shape index (κ1) is 10.6. The average molecular weight is 208 g/mol. The van der Waals surface area contributed by atoms with E-state index in [1.807, 2.05) is 4.68 Å². The molecule has 0 amide bonds. The van der Waals surface area contributed by atoms with E-state index < -0.39 is 0 Å². The number of aromatic nitrogens is 3. The summed E-state index contributed by atoms with van der Waals surface area (Å²) < 4.78 is 1.98. The van der Waals surface area contributed by atoms with Crippen LogP contribution in [0.3, 0.4) is 0 Å².